The van der Waals surface area contributed by atoms with Crippen LogP contribution < -0.4 is 0 Å². The maximum absolute atomic E-state index is 13.8. The molecule has 3 heterocycles. The predicted molar refractivity (Wildman–Crippen MR) is 114 cm³/mol. The van der Waals surface area contributed by atoms with E-state index in [4.69, 9.17) is 11.6 Å². The van der Waals surface area contributed by atoms with Crippen molar-refractivity contribution in [2.45, 2.75) is 26.1 Å². The van der Waals surface area contributed by atoms with Gasteiger partial charge in [0.15, 0.2) is 11.6 Å². The van der Waals surface area contributed by atoms with Crippen LogP contribution in [-0.4, -0.2) is 51.8 Å². The number of alkyl halides is 3. The first-order valence-corrected chi connectivity index (χ1v) is 10.4. The molecule has 4 rings (SSSR count). The largest absolute Gasteiger partial charge is 0.478 e. The van der Waals surface area contributed by atoms with Gasteiger partial charge in [-0.25, -0.2) is 18.9 Å². The summed E-state index contributed by atoms with van der Waals surface area (Å²) in [6.45, 7) is 1.09. The third-order valence-corrected chi connectivity index (χ3v) is 5.30. The first-order chi connectivity index (χ1) is 16.9. The van der Waals surface area contributed by atoms with Gasteiger partial charge < -0.3 is 5.11 Å². The normalized spacial score (nSPS) is 11.6. The Balaban J connectivity index is 1.75. The maximum atomic E-state index is 13.8. The topological polar surface area (TPSA) is 129 Å². The minimum atomic E-state index is -4.80. The molecule has 15 heteroatoms. The fraction of sp³-hybridized carbons (Fsp3) is 0.190. The van der Waals surface area contributed by atoms with Gasteiger partial charge >= 0.3 is 12.1 Å². The zero-order chi connectivity index (χ0) is 26.2. The summed E-state index contributed by atoms with van der Waals surface area (Å²) in [7, 11) is 0. The second kappa shape index (κ2) is 9.45. The van der Waals surface area contributed by atoms with Crippen LogP contribution in [0.5, 0.6) is 0 Å². The van der Waals surface area contributed by atoms with Crippen molar-refractivity contribution >= 4 is 23.4 Å². The zero-order valence-electron chi connectivity index (χ0n) is 18.2. The Hall–Kier alpha value is -4.20. The van der Waals surface area contributed by atoms with Crippen LogP contribution in [0.3, 0.4) is 0 Å². The predicted octanol–water partition coefficient (Wildman–Crippen LogP) is 3.55. The molecule has 10 nitrogen and oxygen atoms in total. The highest BCUT2D eigenvalue weighted by atomic mass is 35.5. The van der Waals surface area contributed by atoms with Gasteiger partial charge in [-0.1, -0.05) is 11.6 Å². The van der Waals surface area contributed by atoms with Crippen molar-refractivity contribution in [3.05, 3.63) is 81.3 Å². The SMILES string of the molecule is Cc1cc(F)cc(C(=O)O)c1CC(=O)c1cc(Cn2nnc(C(F)(F)F)n2)nn1-c1ncccc1Cl. The van der Waals surface area contributed by atoms with Crippen LogP contribution in [0.25, 0.3) is 5.82 Å². The maximum Gasteiger partial charge on any atom is 0.455 e. The van der Waals surface area contributed by atoms with Crippen LogP contribution in [0, 0.1) is 12.7 Å². The van der Waals surface area contributed by atoms with E-state index in [1.54, 1.807) is 0 Å². The summed E-state index contributed by atoms with van der Waals surface area (Å²) >= 11 is 6.21. The molecule has 36 heavy (non-hydrogen) atoms. The standard InChI is InChI=1S/C21H14ClF4N7O3/c1-10-5-11(23)6-14(19(35)36)13(10)8-17(34)16-7-12(9-32-30-20(28-31-32)21(24,25)26)29-33(16)18-15(22)3-2-4-27-18/h2-7H,8-9H2,1H3,(H,35,36). The summed E-state index contributed by atoms with van der Waals surface area (Å²) < 4.78 is 53.3. The molecular weight excluding hydrogens is 510 g/mol. The second-order valence-electron chi connectivity index (χ2n) is 7.54. The lowest BCUT2D eigenvalue weighted by molar-refractivity contribution is -0.145. The number of aromatic carboxylic acids is 1. The summed E-state index contributed by atoms with van der Waals surface area (Å²) in [5.41, 5.74) is -0.0747. The van der Waals surface area contributed by atoms with E-state index < -0.39 is 36.0 Å². The van der Waals surface area contributed by atoms with Crippen LogP contribution in [0.4, 0.5) is 17.6 Å². The number of halogens is 5. The molecular formula is C21H14ClF4N7O3. The number of carboxylic acids is 1. The number of aryl methyl sites for hydroxylation is 1. The van der Waals surface area contributed by atoms with E-state index in [9.17, 15) is 32.3 Å². The van der Waals surface area contributed by atoms with Crippen molar-refractivity contribution in [3.8, 4) is 5.82 Å². The lowest BCUT2D eigenvalue weighted by Crippen LogP contribution is -2.15. The van der Waals surface area contributed by atoms with Gasteiger partial charge in [0, 0.05) is 12.6 Å². The number of carboxylic acid groups (broad SMARTS) is 1. The molecule has 0 saturated heterocycles. The molecule has 0 bridgehead atoms. The van der Waals surface area contributed by atoms with Crippen LogP contribution in [0.2, 0.25) is 5.02 Å². The van der Waals surface area contributed by atoms with Gasteiger partial charge in [0.1, 0.15) is 18.1 Å². The summed E-state index contributed by atoms with van der Waals surface area (Å²) in [4.78, 5) is 29.7. The highest BCUT2D eigenvalue weighted by Gasteiger charge is 2.37. The van der Waals surface area contributed by atoms with Crippen molar-refractivity contribution < 1.29 is 32.3 Å². The van der Waals surface area contributed by atoms with E-state index in [1.807, 2.05) is 0 Å². The highest BCUT2D eigenvalue weighted by molar-refractivity contribution is 6.32. The first kappa shape index (κ1) is 24.9. The lowest BCUT2D eigenvalue weighted by Gasteiger charge is -2.11. The molecule has 0 aliphatic heterocycles. The number of ketones is 1. The van der Waals surface area contributed by atoms with E-state index in [0.29, 0.717) is 4.80 Å². The van der Waals surface area contributed by atoms with Gasteiger partial charge in [0.05, 0.1) is 16.3 Å². The number of carbonyl (C=O) groups is 2. The zero-order valence-corrected chi connectivity index (χ0v) is 18.9. The van der Waals surface area contributed by atoms with Crippen molar-refractivity contribution in [3.63, 3.8) is 0 Å². The van der Waals surface area contributed by atoms with E-state index in [2.05, 4.69) is 25.5 Å². The number of rotatable bonds is 7. The fourth-order valence-electron chi connectivity index (χ4n) is 3.42. The fourth-order valence-corrected chi connectivity index (χ4v) is 3.62. The summed E-state index contributed by atoms with van der Waals surface area (Å²) in [5, 5.41) is 23.4. The van der Waals surface area contributed by atoms with Crippen molar-refractivity contribution in [1.82, 2.24) is 35.0 Å². The molecule has 3 aromatic heterocycles. The number of pyridine rings is 1. The molecule has 0 aliphatic rings. The summed E-state index contributed by atoms with van der Waals surface area (Å²) in [6, 6.07) is 6.20. The third kappa shape index (κ3) is 5.07. The monoisotopic (exact) mass is 523 g/mol. The number of tetrazole rings is 1. The highest BCUT2D eigenvalue weighted by Crippen LogP contribution is 2.26. The smallest absolute Gasteiger partial charge is 0.455 e. The molecule has 0 unspecified atom stereocenters. The average molecular weight is 524 g/mol. The molecule has 0 spiro atoms. The van der Waals surface area contributed by atoms with E-state index in [-0.39, 0.29) is 45.5 Å². The van der Waals surface area contributed by atoms with Crippen LogP contribution in [0.15, 0.2) is 36.5 Å². The first-order valence-electron chi connectivity index (χ1n) is 10.0. The van der Waals surface area contributed by atoms with Crippen molar-refractivity contribution in [2.75, 3.05) is 0 Å². The number of hydrogen-bond donors (Lipinski definition) is 1. The van der Waals surface area contributed by atoms with Gasteiger partial charge in [-0.3, -0.25) is 4.79 Å². The molecule has 0 amide bonds. The number of nitrogens with zero attached hydrogens (tertiary/aromatic N) is 7. The third-order valence-electron chi connectivity index (χ3n) is 5.00. The summed E-state index contributed by atoms with van der Waals surface area (Å²) in [6.07, 6.45) is -3.85. The number of Topliss-reactive ketones (excluding diaryl/α,β-unsaturated/α-hetero) is 1. The molecule has 0 radical (unpaired) electrons. The summed E-state index contributed by atoms with van der Waals surface area (Å²) in [5.74, 6) is -4.22. The van der Waals surface area contributed by atoms with Gasteiger partial charge in [0.2, 0.25) is 0 Å². The van der Waals surface area contributed by atoms with Gasteiger partial charge in [0.25, 0.3) is 5.82 Å². The van der Waals surface area contributed by atoms with Crippen LogP contribution in [0.1, 0.15) is 43.5 Å². The Bertz CT molecular complexity index is 1480. The molecule has 0 saturated carbocycles. The average Bonchev–Trinajstić information content (AvgIpc) is 3.43. The lowest BCUT2D eigenvalue weighted by atomic mass is 9.96. The molecule has 0 atom stereocenters. The van der Waals surface area contributed by atoms with Gasteiger partial charge in [-0.2, -0.15) is 23.1 Å². The van der Waals surface area contributed by atoms with Crippen LogP contribution >= 0.6 is 11.6 Å². The molecule has 186 valence electrons. The van der Waals surface area contributed by atoms with E-state index >= 15 is 0 Å². The Morgan fingerprint density at radius 2 is 1.92 bits per heavy atom. The number of hydrogen-bond acceptors (Lipinski definition) is 7. The molecule has 1 N–H and O–H groups in total. The van der Waals surface area contributed by atoms with Crippen molar-refractivity contribution in [2.24, 2.45) is 0 Å². The number of aromatic nitrogens is 7. The molecule has 1 aromatic carbocycles. The van der Waals surface area contributed by atoms with Crippen molar-refractivity contribution in [1.29, 1.82) is 0 Å². The minimum Gasteiger partial charge on any atom is -0.478 e. The molecule has 0 fully saturated rings. The number of benzene rings is 1. The second-order valence-corrected chi connectivity index (χ2v) is 7.94. The minimum absolute atomic E-state index is 0.0468. The van der Waals surface area contributed by atoms with E-state index in [0.717, 1.165) is 16.8 Å². The molecule has 0 aliphatic carbocycles. The Morgan fingerprint density at radius 3 is 2.56 bits per heavy atom. The Labute approximate surface area is 204 Å². The van der Waals surface area contributed by atoms with Gasteiger partial charge in [-0.05, 0) is 53.6 Å². The quantitative estimate of drug-likeness (QED) is 0.288. The Morgan fingerprint density at radius 1 is 1.17 bits per heavy atom. The van der Waals surface area contributed by atoms with E-state index in [1.165, 1.54) is 31.3 Å². The molecule has 4 aromatic rings. The Kier molecular flexibility index (Phi) is 6.54. The van der Waals surface area contributed by atoms with Crippen LogP contribution in [-0.2, 0) is 19.1 Å². The van der Waals surface area contributed by atoms with Gasteiger partial charge in [-0.15, -0.1) is 10.2 Å². The number of carbonyl (C=O) groups excluding carboxylic acids is 1.